The number of nitrogens with zero attached hydrogens (tertiary/aromatic N) is 2. The summed E-state index contributed by atoms with van der Waals surface area (Å²) in [6, 6.07) is 7.90. The number of halogens is 1. The molecule has 0 aliphatic heterocycles. The number of hydrogen-bond donors (Lipinski definition) is 1. The number of benzene rings is 1. The van der Waals surface area contributed by atoms with E-state index in [1.807, 2.05) is 0 Å². The maximum atomic E-state index is 12.3. The Bertz CT molecular complexity index is 723. The van der Waals surface area contributed by atoms with Gasteiger partial charge in [-0.05, 0) is 51.1 Å². The van der Waals surface area contributed by atoms with Crippen LogP contribution < -0.4 is 11.0 Å². The quantitative estimate of drug-likeness (QED) is 0.948. The fourth-order valence-corrected chi connectivity index (χ4v) is 2.25. The van der Waals surface area contributed by atoms with Crippen molar-refractivity contribution in [3.8, 4) is 0 Å². The summed E-state index contributed by atoms with van der Waals surface area (Å²) in [5, 5.41) is 3.34. The molecule has 0 spiro atoms. The molecule has 0 fully saturated rings. The van der Waals surface area contributed by atoms with Crippen molar-refractivity contribution in [3.63, 3.8) is 0 Å². The number of aryl methyl sites for hydroxylation is 2. The van der Waals surface area contributed by atoms with E-state index in [1.165, 1.54) is 4.57 Å². The van der Waals surface area contributed by atoms with E-state index >= 15 is 0 Å². The molecule has 1 atom stereocenters. The van der Waals surface area contributed by atoms with E-state index in [1.54, 1.807) is 51.1 Å². The Hall–Kier alpha value is -2.14. The van der Waals surface area contributed by atoms with Crippen LogP contribution in [0.25, 0.3) is 0 Å². The Balaban J connectivity index is 2.24. The minimum atomic E-state index is -0.652. The Labute approximate surface area is 127 Å². The number of carbonyl (C=O) groups excluding carboxylic acids is 1. The van der Waals surface area contributed by atoms with Gasteiger partial charge in [0.25, 0.3) is 0 Å². The Morgan fingerprint density at radius 1 is 1.29 bits per heavy atom. The van der Waals surface area contributed by atoms with Crippen LogP contribution in [-0.4, -0.2) is 15.5 Å². The number of carbonyl (C=O) groups is 1. The molecule has 1 amide bonds. The number of anilines is 1. The molecule has 0 radical (unpaired) electrons. The molecule has 1 aromatic heterocycles. The average molecular weight is 306 g/mol. The zero-order valence-corrected chi connectivity index (χ0v) is 12.8. The number of hydrogen-bond acceptors (Lipinski definition) is 3. The number of rotatable bonds is 3. The molecule has 1 N–H and O–H groups in total. The van der Waals surface area contributed by atoms with Gasteiger partial charge in [0.15, 0.2) is 0 Å². The summed E-state index contributed by atoms with van der Waals surface area (Å²) in [5.41, 5.74) is 1.54. The zero-order chi connectivity index (χ0) is 15.6. The summed E-state index contributed by atoms with van der Waals surface area (Å²) >= 11 is 5.80. The first kappa shape index (κ1) is 15.3. The van der Waals surface area contributed by atoms with Gasteiger partial charge in [0.1, 0.15) is 6.04 Å². The van der Waals surface area contributed by atoms with Crippen molar-refractivity contribution in [2.24, 2.45) is 0 Å². The molecule has 5 nitrogen and oxygen atoms in total. The maximum absolute atomic E-state index is 12.3. The first-order valence-electron chi connectivity index (χ1n) is 6.51. The molecule has 0 bridgehead atoms. The molecule has 0 saturated heterocycles. The standard InChI is InChI=1S/C15H16ClN3O2/c1-9-8-10(2)19(15(21)17-9)11(3)14(20)18-13-6-4-12(16)5-7-13/h4-8,11H,1-3H3,(H,18,20)/t11-/m0/s1. The number of aromatic nitrogens is 2. The minimum Gasteiger partial charge on any atom is -0.324 e. The highest BCUT2D eigenvalue weighted by molar-refractivity contribution is 6.30. The van der Waals surface area contributed by atoms with Crippen LogP contribution in [0.2, 0.25) is 5.02 Å². The predicted octanol–water partition coefficient (Wildman–Crippen LogP) is 2.71. The molecule has 1 heterocycles. The number of amides is 1. The molecule has 0 unspecified atom stereocenters. The van der Waals surface area contributed by atoms with Crippen molar-refractivity contribution >= 4 is 23.2 Å². The third kappa shape index (κ3) is 3.49. The lowest BCUT2D eigenvalue weighted by atomic mass is 10.2. The van der Waals surface area contributed by atoms with Crippen LogP contribution in [0, 0.1) is 13.8 Å². The van der Waals surface area contributed by atoms with E-state index in [4.69, 9.17) is 11.6 Å². The summed E-state index contributed by atoms with van der Waals surface area (Å²) in [5.74, 6) is -0.284. The molecule has 2 rings (SSSR count). The van der Waals surface area contributed by atoms with Crippen LogP contribution in [0.15, 0.2) is 35.1 Å². The number of nitrogens with one attached hydrogen (secondary N) is 1. The first-order valence-corrected chi connectivity index (χ1v) is 6.89. The van der Waals surface area contributed by atoms with Crippen LogP contribution in [0.5, 0.6) is 0 Å². The molecular weight excluding hydrogens is 290 g/mol. The topological polar surface area (TPSA) is 64.0 Å². The summed E-state index contributed by atoms with van der Waals surface area (Å²) in [6.07, 6.45) is 0. The summed E-state index contributed by atoms with van der Waals surface area (Å²) < 4.78 is 1.37. The average Bonchev–Trinajstić information content (AvgIpc) is 2.40. The maximum Gasteiger partial charge on any atom is 0.348 e. The second-order valence-electron chi connectivity index (χ2n) is 4.86. The molecule has 0 aliphatic carbocycles. The van der Waals surface area contributed by atoms with Crippen molar-refractivity contribution in [1.82, 2.24) is 9.55 Å². The van der Waals surface area contributed by atoms with E-state index < -0.39 is 11.7 Å². The molecule has 6 heteroatoms. The highest BCUT2D eigenvalue weighted by Gasteiger charge is 2.18. The molecule has 0 aliphatic rings. The lowest BCUT2D eigenvalue weighted by molar-refractivity contribution is -0.118. The highest BCUT2D eigenvalue weighted by atomic mass is 35.5. The van der Waals surface area contributed by atoms with Crippen molar-refractivity contribution in [1.29, 1.82) is 0 Å². The van der Waals surface area contributed by atoms with Crippen molar-refractivity contribution in [2.45, 2.75) is 26.8 Å². The normalized spacial score (nSPS) is 12.0. The fraction of sp³-hybridized carbons (Fsp3) is 0.267. The van der Waals surface area contributed by atoms with Gasteiger partial charge < -0.3 is 5.32 Å². The third-order valence-corrected chi connectivity index (χ3v) is 3.41. The van der Waals surface area contributed by atoms with Gasteiger partial charge in [-0.15, -0.1) is 0 Å². The SMILES string of the molecule is Cc1cc(C)n([C@@H](C)C(=O)Nc2ccc(Cl)cc2)c(=O)n1. The van der Waals surface area contributed by atoms with E-state index in [0.717, 1.165) is 0 Å². The van der Waals surface area contributed by atoms with Crippen LogP contribution in [0.1, 0.15) is 24.4 Å². The van der Waals surface area contributed by atoms with Crippen LogP contribution in [0.3, 0.4) is 0 Å². The van der Waals surface area contributed by atoms with E-state index in [9.17, 15) is 9.59 Å². The van der Waals surface area contributed by atoms with Crippen molar-refractivity contribution in [3.05, 3.63) is 57.2 Å². The molecule has 21 heavy (non-hydrogen) atoms. The molecular formula is C15H16ClN3O2. The Morgan fingerprint density at radius 3 is 2.48 bits per heavy atom. The van der Waals surface area contributed by atoms with Crippen LogP contribution in [0.4, 0.5) is 5.69 Å². The highest BCUT2D eigenvalue weighted by Crippen LogP contribution is 2.15. The van der Waals surface area contributed by atoms with Gasteiger partial charge in [-0.25, -0.2) is 4.79 Å². The van der Waals surface area contributed by atoms with Gasteiger partial charge in [-0.3, -0.25) is 9.36 Å². The van der Waals surface area contributed by atoms with Crippen LogP contribution in [-0.2, 0) is 4.79 Å². The molecule has 1 aromatic carbocycles. The van der Waals surface area contributed by atoms with Gasteiger partial charge in [-0.2, -0.15) is 4.98 Å². The van der Waals surface area contributed by atoms with E-state index in [0.29, 0.717) is 22.1 Å². The largest absolute Gasteiger partial charge is 0.348 e. The second kappa shape index (κ2) is 6.10. The van der Waals surface area contributed by atoms with E-state index in [-0.39, 0.29) is 5.91 Å². The lowest BCUT2D eigenvalue weighted by Gasteiger charge is -2.17. The van der Waals surface area contributed by atoms with Gasteiger partial charge in [-0.1, -0.05) is 11.6 Å². The van der Waals surface area contributed by atoms with Crippen molar-refractivity contribution < 1.29 is 4.79 Å². The van der Waals surface area contributed by atoms with Gasteiger partial charge in [0, 0.05) is 22.1 Å². The van der Waals surface area contributed by atoms with Crippen molar-refractivity contribution in [2.75, 3.05) is 5.32 Å². The second-order valence-corrected chi connectivity index (χ2v) is 5.30. The summed E-state index contributed by atoms with van der Waals surface area (Å²) in [6.45, 7) is 5.19. The molecule has 2 aromatic rings. The van der Waals surface area contributed by atoms with E-state index in [2.05, 4.69) is 10.3 Å². The smallest absolute Gasteiger partial charge is 0.324 e. The third-order valence-electron chi connectivity index (χ3n) is 3.15. The molecule has 110 valence electrons. The summed E-state index contributed by atoms with van der Waals surface area (Å²) in [4.78, 5) is 28.1. The minimum absolute atomic E-state index is 0.284. The predicted molar refractivity (Wildman–Crippen MR) is 82.8 cm³/mol. The Morgan fingerprint density at radius 2 is 1.90 bits per heavy atom. The van der Waals surface area contributed by atoms with Gasteiger partial charge >= 0.3 is 5.69 Å². The van der Waals surface area contributed by atoms with Gasteiger partial charge in [0.2, 0.25) is 5.91 Å². The zero-order valence-electron chi connectivity index (χ0n) is 12.1. The fourth-order valence-electron chi connectivity index (χ4n) is 2.13. The Kier molecular flexibility index (Phi) is 4.43. The monoisotopic (exact) mass is 305 g/mol. The lowest BCUT2D eigenvalue weighted by Crippen LogP contribution is -2.34. The first-order chi connectivity index (χ1) is 9.88. The van der Waals surface area contributed by atoms with Crippen LogP contribution >= 0.6 is 11.6 Å². The summed E-state index contributed by atoms with van der Waals surface area (Å²) in [7, 11) is 0. The molecule has 0 saturated carbocycles. The van der Waals surface area contributed by atoms with Gasteiger partial charge in [0.05, 0.1) is 0 Å².